The van der Waals surface area contributed by atoms with Crippen LogP contribution in [-0.2, 0) is 0 Å². The summed E-state index contributed by atoms with van der Waals surface area (Å²) in [5.41, 5.74) is 16.8. The van der Waals surface area contributed by atoms with E-state index in [1.54, 1.807) is 0 Å². The Morgan fingerprint density at radius 3 is 1.45 bits per heavy atom. The minimum Gasteiger partial charge on any atom is -0.309 e. The number of hydrogen-bond acceptors (Lipinski definition) is 2. The van der Waals surface area contributed by atoms with Gasteiger partial charge in [-0.05, 0) is 115 Å². The molecule has 0 aliphatic rings. The minimum atomic E-state index is 0.865. The summed E-state index contributed by atoms with van der Waals surface area (Å²) in [4.78, 5) is 10.2. The zero-order valence-corrected chi connectivity index (χ0v) is 35.4. The van der Waals surface area contributed by atoms with Crippen molar-refractivity contribution >= 4 is 65.2 Å². The zero-order chi connectivity index (χ0) is 42.8. The summed E-state index contributed by atoms with van der Waals surface area (Å²) < 4.78 is 2.39. The van der Waals surface area contributed by atoms with Gasteiger partial charge in [0.05, 0.1) is 34.0 Å². The first kappa shape index (κ1) is 36.9. The van der Waals surface area contributed by atoms with Crippen LogP contribution >= 0.6 is 0 Å². The molecule has 0 radical (unpaired) electrons. The quantitative estimate of drug-likeness (QED) is 0.156. The van der Waals surface area contributed by atoms with Crippen LogP contribution in [-0.4, -0.2) is 14.5 Å². The highest BCUT2D eigenvalue weighted by molar-refractivity contribution is 6.23. The number of para-hydroxylation sites is 1. The number of hydrogen-bond donors (Lipinski definition) is 0. The van der Waals surface area contributed by atoms with Gasteiger partial charge in [0.1, 0.15) is 0 Å². The van der Waals surface area contributed by atoms with Gasteiger partial charge in [-0.15, -0.1) is 0 Å². The maximum Gasteiger partial charge on any atom is 0.0979 e. The van der Waals surface area contributed by atoms with E-state index >= 15 is 0 Å². The van der Waals surface area contributed by atoms with Gasteiger partial charge in [-0.3, -0.25) is 4.98 Å². The highest BCUT2D eigenvalue weighted by atomic mass is 15.0. The number of fused-ring (bicyclic) bond motifs is 10. The summed E-state index contributed by atoms with van der Waals surface area (Å²) in [6.45, 7) is 0. The van der Waals surface area contributed by atoms with Gasteiger partial charge < -0.3 is 4.57 Å². The Hall–Kier alpha value is -8.66. The largest absolute Gasteiger partial charge is 0.309 e. The first-order valence-corrected chi connectivity index (χ1v) is 22.2. The van der Waals surface area contributed by atoms with Crippen LogP contribution in [0.2, 0.25) is 0 Å². The lowest BCUT2D eigenvalue weighted by Crippen LogP contribution is -1.93. The van der Waals surface area contributed by atoms with Crippen LogP contribution in [0.25, 0.3) is 127 Å². The predicted molar refractivity (Wildman–Crippen MR) is 274 cm³/mol. The van der Waals surface area contributed by atoms with Gasteiger partial charge in [0, 0.05) is 32.8 Å². The van der Waals surface area contributed by atoms with Gasteiger partial charge in [-0.25, -0.2) is 4.98 Å². The van der Waals surface area contributed by atoms with Gasteiger partial charge in [-0.2, -0.15) is 0 Å². The standard InChI is InChI=1S/C62H39N3/c1-2-12-44-36-49(28-25-40(44)11-1)42-29-32-51(33-30-42)65-59-22-8-7-19-54(59)57-38-50(31-34-60(57)65)48-16-10-15-47(37-48)46-14-9-13-45(35-46)41-23-26-43(27-24-41)58-39-63-61-55-20-5-3-17-52(55)53-18-4-6-21-56(53)62(61)64-58/h1-39H. The van der Waals surface area contributed by atoms with E-state index in [0.717, 1.165) is 44.3 Å². The monoisotopic (exact) mass is 825 g/mol. The maximum absolute atomic E-state index is 5.22. The van der Waals surface area contributed by atoms with Crippen molar-refractivity contribution in [1.29, 1.82) is 0 Å². The fourth-order valence-corrected chi connectivity index (χ4v) is 9.95. The molecule has 65 heavy (non-hydrogen) atoms. The first-order valence-electron chi connectivity index (χ1n) is 22.2. The van der Waals surface area contributed by atoms with E-state index in [0.29, 0.717) is 0 Å². The van der Waals surface area contributed by atoms with Gasteiger partial charge in [0.25, 0.3) is 0 Å². The summed E-state index contributed by atoms with van der Waals surface area (Å²) in [5, 5.41) is 9.64. The first-order chi connectivity index (χ1) is 32.2. The molecule has 11 aromatic carbocycles. The molecule has 0 amide bonds. The van der Waals surface area contributed by atoms with E-state index in [9.17, 15) is 0 Å². The molecule has 0 saturated carbocycles. The second-order valence-corrected chi connectivity index (χ2v) is 17.0. The van der Waals surface area contributed by atoms with E-state index in [1.165, 1.54) is 82.3 Å². The number of benzene rings is 11. The highest BCUT2D eigenvalue weighted by Crippen LogP contribution is 2.38. The summed E-state index contributed by atoms with van der Waals surface area (Å²) >= 11 is 0. The van der Waals surface area contributed by atoms with Crippen LogP contribution in [0.4, 0.5) is 0 Å². The molecule has 0 atom stereocenters. The van der Waals surface area contributed by atoms with Crippen molar-refractivity contribution in [2.45, 2.75) is 0 Å². The van der Waals surface area contributed by atoms with Crippen LogP contribution in [0.5, 0.6) is 0 Å². The van der Waals surface area contributed by atoms with Crippen LogP contribution in [0.15, 0.2) is 237 Å². The fraction of sp³-hybridized carbons (Fsp3) is 0. The molecule has 302 valence electrons. The molecule has 0 aliphatic carbocycles. The molecule has 3 heteroatoms. The van der Waals surface area contributed by atoms with E-state index in [2.05, 4.69) is 235 Å². The van der Waals surface area contributed by atoms with E-state index in [-0.39, 0.29) is 0 Å². The minimum absolute atomic E-state index is 0.865. The van der Waals surface area contributed by atoms with Crippen LogP contribution < -0.4 is 0 Å². The summed E-state index contributed by atoms with van der Waals surface area (Å²) in [6.07, 6.45) is 1.91. The third kappa shape index (κ3) is 6.28. The lowest BCUT2D eigenvalue weighted by Gasteiger charge is -2.11. The molecule has 0 spiro atoms. The Bertz CT molecular complexity index is 3960. The van der Waals surface area contributed by atoms with Crippen molar-refractivity contribution in [2.24, 2.45) is 0 Å². The second kappa shape index (κ2) is 15.0. The van der Waals surface area contributed by atoms with Crippen molar-refractivity contribution in [3.05, 3.63) is 237 Å². The Labute approximate surface area is 376 Å². The average Bonchev–Trinajstić information content (AvgIpc) is 3.72. The van der Waals surface area contributed by atoms with Gasteiger partial charge in [-0.1, -0.05) is 182 Å². The Kier molecular flexibility index (Phi) is 8.53. The predicted octanol–water partition coefficient (Wildman–Crippen LogP) is 16.5. The highest BCUT2D eigenvalue weighted by Gasteiger charge is 2.16. The van der Waals surface area contributed by atoms with Crippen LogP contribution in [0.3, 0.4) is 0 Å². The molecule has 13 aromatic rings. The van der Waals surface area contributed by atoms with Crippen molar-refractivity contribution in [1.82, 2.24) is 14.5 Å². The molecule has 2 aromatic heterocycles. The van der Waals surface area contributed by atoms with E-state index in [1.807, 2.05) is 6.20 Å². The zero-order valence-electron chi connectivity index (χ0n) is 35.4. The summed E-state index contributed by atoms with van der Waals surface area (Å²) in [6, 6.07) is 83.4. The van der Waals surface area contributed by atoms with Gasteiger partial charge in [0.2, 0.25) is 0 Å². The Morgan fingerprint density at radius 2 is 0.754 bits per heavy atom. The molecule has 0 saturated heterocycles. The smallest absolute Gasteiger partial charge is 0.0979 e. The van der Waals surface area contributed by atoms with Crippen LogP contribution in [0.1, 0.15) is 0 Å². The van der Waals surface area contributed by atoms with Crippen molar-refractivity contribution in [3.63, 3.8) is 0 Å². The van der Waals surface area contributed by atoms with E-state index in [4.69, 9.17) is 9.97 Å². The molecule has 0 fully saturated rings. The second-order valence-electron chi connectivity index (χ2n) is 17.0. The number of aromatic nitrogens is 3. The summed E-state index contributed by atoms with van der Waals surface area (Å²) in [7, 11) is 0. The Morgan fingerprint density at radius 1 is 0.277 bits per heavy atom. The lowest BCUT2D eigenvalue weighted by atomic mass is 9.95. The van der Waals surface area contributed by atoms with Crippen molar-refractivity contribution < 1.29 is 0 Å². The average molecular weight is 826 g/mol. The third-order valence-electron chi connectivity index (χ3n) is 13.2. The van der Waals surface area contributed by atoms with Crippen molar-refractivity contribution in [3.8, 4) is 61.5 Å². The third-order valence-corrected chi connectivity index (χ3v) is 13.2. The normalized spacial score (nSPS) is 11.7. The molecule has 0 aliphatic heterocycles. The molecule has 0 unspecified atom stereocenters. The number of rotatable bonds is 6. The molecule has 13 rings (SSSR count). The lowest BCUT2D eigenvalue weighted by molar-refractivity contribution is 1.18. The molecular weight excluding hydrogens is 787 g/mol. The molecule has 3 nitrogen and oxygen atoms in total. The Balaban J connectivity index is 0.802. The fourth-order valence-electron chi connectivity index (χ4n) is 9.95. The molecule has 0 N–H and O–H groups in total. The van der Waals surface area contributed by atoms with Crippen molar-refractivity contribution in [2.75, 3.05) is 0 Å². The van der Waals surface area contributed by atoms with Crippen LogP contribution in [0, 0.1) is 0 Å². The molecule has 2 heterocycles. The maximum atomic E-state index is 5.22. The van der Waals surface area contributed by atoms with Gasteiger partial charge >= 0.3 is 0 Å². The van der Waals surface area contributed by atoms with E-state index < -0.39 is 0 Å². The molecular formula is C62H39N3. The SMILES string of the molecule is c1cc(-c2ccc(-c3cnc4c5ccccc5c5ccccc5c4n3)cc2)cc(-c2cccc(-c3ccc4c(c3)c3ccccc3n4-c3ccc(-c4ccc5ccccc5c4)cc3)c2)c1. The topological polar surface area (TPSA) is 30.7 Å². The number of nitrogens with zero attached hydrogens (tertiary/aromatic N) is 3. The summed E-state index contributed by atoms with van der Waals surface area (Å²) in [5.74, 6) is 0. The van der Waals surface area contributed by atoms with Gasteiger partial charge in [0.15, 0.2) is 0 Å². The molecule has 0 bridgehead atoms.